The fraction of sp³-hybridized carbons (Fsp3) is 0.818. The van der Waals surface area contributed by atoms with Gasteiger partial charge in [0.25, 0.3) is 0 Å². The van der Waals surface area contributed by atoms with E-state index in [1.807, 2.05) is 6.92 Å². The summed E-state index contributed by atoms with van der Waals surface area (Å²) in [6, 6.07) is 1.75. The van der Waals surface area contributed by atoms with Gasteiger partial charge in [0.2, 0.25) is 8.32 Å². The van der Waals surface area contributed by atoms with Crippen LogP contribution in [-0.2, 0) is 4.74 Å². The second-order valence-electron chi connectivity index (χ2n) is 3.98. The van der Waals surface area contributed by atoms with Crippen molar-refractivity contribution in [2.24, 2.45) is 0 Å². The molecule has 1 atom stereocenters. The molecule has 84 valence electrons. The van der Waals surface area contributed by atoms with Gasteiger partial charge in [0.15, 0.2) is 0 Å². The van der Waals surface area contributed by atoms with Gasteiger partial charge in [-0.05, 0) is 25.4 Å². The monoisotopic (exact) mass is 216 g/mol. The largest absolute Gasteiger partial charge is 0.429 e. The third-order valence-electron chi connectivity index (χ3n) is 2.73. The molecule has 14 heavy (non-hydrogen) atoms. The molecule has 0 bridgehead atoms. The molecule has 1 unspecified atom stereocenters. The van der Waals surface area contributed by atoms with E-state index < -0.39 is 8.32 Å². The van der Waals surface area contributed by atoms with Crippen molar-refractivity contribution in [3.63, 3.8) is 0 Å². The molecule has 0 aromatic carbocycles. The maximum Gasteiger partial charge on any atom is 0.216 e. The minimum atomic E-state index is -2.16. The molecular formula is C11H24O2Si. The molecular weight excluding hydrogens is 192 g/mol. The topological polar surface area (TPSA) is 29.5 Å². The molecule has 0 heterocycles. The van der Waals surface area contributed by atoms with Gasteiger partial charge >= 0.3 is 0 Å². The second-order valence-corrected chi connectivity index (χ2v) is 8.24. The van der Waals surface area contributed by atoms with Gasteiger partial charge in [-0.15, -0.1) is 0 Å². The molecule has 1 N–H and O–H groups in total. The van der Waals surface area contributed by atoms with Gasteiger partial charge < -0.3 is 9.53 Å². The minimum Gasteiger partial charge on any atom is -0.429 e. The predicted octanol–water partition coefficient (Wildman–Crippen LogP) is 2.87. The number of ether oxygens (including phenoxy) is 1. The van der Waals surface area contributed by atoms with E-state index in [2.05, 4.69) is 27.4 Å². The van der Waals surface area contributed by atoms with Crippen LogP contribution in [0.25, 0.3) is 0 Å². The van der Waals surface area contributed by atoms with Crippen LogP contribution in [-0.4, -0.2) is 25.4 Å². The SMILES string of the molecule is C=C(C)COC(CC)[Si](O)(CC)CC. The van der Waals surface area contributed by atoms with Crippen molar-refractivity contribution >= 4 is 8.32 Å². The summed E-state index contributed by atoms with van der Waals surface area (Å²) in [7, 11) is -2.16. The quantitative estimate of drug-likeness (QED) is 0.524. The Labute approximate surface area is 89.1 Å². The Morgan fingerprint density at radius 3 is 2.14 bits per heavy atom. The number of hydrogen-bond acceptors (Lipinski definition) is 2. The van der Waals surface area contributed by atoms with Crippen LogP contribution in [0.5, 0.6) is 0 Å². The van der Waals surface area contributed by atoms with E-state index in [0.29, 0.717) is 6.61 Å². The Kier molecular flexibility index (Phi) is 6.32. The highest BCUT2D eigenvalue weighted by Gasteiger charge is 2.36. The summed E-state index contributed by atoms with van der Waals surface area (Å²) in [5.41, 5.74) is 1.08. The Balaban J connectivity index is 4.29. The molecule has 2 nitrogen and oxygen atoms in total. The summed E-state index contributed by atoms with van der Waals surface area (Å²) in [4.78, 5) is 10.4. The highest BCUT2D eigenvalue weighted by atomic mass is 28.4. The van der Waals surface area contributed by atoms with Crippen molar-refractivity contribution in [2.75, 3.05) is 6.61 Å². The lowest BCUT2D eigenvalue weighted by Crippen LogP contribution is -2.48. The Bertz CT molecular complexity index is 176. The van der Waals surface area contributed by atoms with E-state index in [9.17, 15) is 4.80 Å². The maximum absolute atomic E-state index is 10.4. The van der Waals surface area contributed by atoms with Crippen molar-refractivity contribution in [1.82, 2.24) is 0 Å². The van der Waals surface area contributed by atoms with Crippen LogP contribution in [0.1, 0.15) is 34.1 Å². The number of rotatable bonds is 7. The highest BCUT2D eigenvalue weighted by Crippen LogP contribution is 2.21. The first-order valence-corrected chi connectivity index (χ1v) is 7.92. The summed E-state index contributed by atoms with van der Waals surface area (Å²) < 4.78 is 5.71. The minimum absolute atomic E-state index is 0.0641. The average Bonchev–Trinajstić information content (AvgIpc) is 2.17. The predicted molar refractivity (Wildman–Crippen MR) is 63.8 cm³/mol. The molecule has 3 heteroatoms. The third kappa shape index (κ3) is 3.94. The Morgan fingerprint density at radius 1 is 1.36 bits per heavy atom. The van der Waals surface area contributed by atoms with E-state index in [1.165, 1.54) is 0 Å². The lowest BCUT2D eigenvalue weighted by atomic mass is 10.4. The molecule has 0 radical (unpaired) electrons. The molecule has 0 saturated heterocycles. The molecule has 0 aromatic rings. The van der Waals surface area contributed by atoms with Gasteiger partial charge in [0.1, 0.15) is 0 Å². The van der Waals surface area contributed by atoms with Crippen molar-refractivity contribution < 1.29 is 9.53 Å². The van der Waals surface area contributed by atoms with Crippen molar-refractivity contribution in [1.29, 1.82) is 0 Å². The first kappa shape index (κ1) is 13.9. The zero-order valence-electron chi connectivity index (χ0n) is 9.97. The third-order valence-corrected chi connectivity index (χ3v) is 6.95. The molecule has 0 aromatic heterocycles. The summed E-state index contributed by atoms with van der Waals surface area (Å²) in [6.07, 6.45) is 0.900. The summed E-state index contributed by atoms with van der Waals surface area (Å²) in [5, 5.41) is 0. The van der Waals surface area contributed by atoms with Crippen LogP contribution in [0, 0.1) is 0 Å². The fourth-order valence-corrected chi connectivity index (χ4v) is 4.17. The molecule has 0 saturated carbocycles. The molecule has 0 aliphatic rings. The van der Waals surface area contributed by atoms with Crippen LogP contribution < -0.4 is 0 Å². The Hall–Kier alpha value is -0.123. The molecule has 0 spiro atoms. The van der Waals surface area contributed by atoms with Crippen molar-refractivity contribution in [2.45, 2.75) is 51.9 Å². The van der Waals surface area contributed by atoms with Crippen LogP contribution in [0.3, 0.4) is 0 Å². The standard InChI is InChI=1S/C11H24O2Si/c1-6-11(13-9-10(4)5)14(12,7-2)8-3/h11-12H,4,6-9H2,1-3,5H3. The zero-order valence-corrected chi connectivity index (χ0v) is 11.0. The second kappa shape index (κ2) is 6.38. The van der Waals surface area contributed by atoms with Crippen LogP contribution >= 0.6 is 0 Å². The summed E-state index contributed by atoms with van der Waals surface area (Å²) in [6.45, 7) is 12.5. The van der Waals surface area contributed by atoms with Crippen molar-refractivity contribution in [3.8, 4) is 0 Å². The van der Waals surface area contributed by atoms with Gasteiger partial charge in [-0.25, -0.2) is 0 Å². The Morgan fingerprint density at radius 2 is 1.86 bits per heavy atom. The molecule has 0 aliphatic carbocycles. The van der Waals surface area contributed by atoms with E-state index in [-0.39, 0.29) is 5.73 Å². The van der Waals surface area contributed by atoms with Gasteiger partial charge in [-0.2, -0.15) is 0 Å². The molecule has 0 rings (SSSR count). The lowest BCUT2D eigenvalue weighted by Gasteiger charge is -2.31. The zero-order chi connectivity index (χ0) is 11.2. The molecule has 0 fully saturated rings. The number of hydrogen-bond donors (Lipinski definition) is 1. The van der Waals surface area contributed by atoms with E-state index >= 15 is 0 Å². The highest BCUT2D eigenvalue weighted by molar-refractivity contribution is 6.73. The van der Waals surface area contributed by atoms with Crippen LogP contribution in [0.4, 0.5) is 0 Å². The van der Waals surface area contributed by atoms with Crippen LogP contribution in [0.15, 0.2) is 12.2 Å². The van der Waals surface area contributed by atoms with E-state index in [4.69, 9.17) is 4.74 Å². The lowest BCUT2D eigenvalue weighted by molar-refractivity contribution is 0.103. The van der Waals surface area contributed by atoms with E-state index in [0.717, 1.165) is 24.1 Å². The maximum atomic E-state index is 10.4. The first-order chi connectivity index (χ1) is 6.50. The molecule has 0 amide bonds. The normalized spacial score (nSPS) is 14.1. The summed E-state index contributed by atoms with van der Waals surface area (Å²) in [5.74, 6) is 0. The fourth-order valence-electron chi connectivity index (χ4n) is 1.60. The smallest absolute Gasteiger partial charge is 0.216 e. The van der Waals surface area contributed by atoms with Gasteiger partial charge in [0, 0.05) is 0 Å². The van der Waals surface area contributed by atoms with Crippen LogP contribution in [0.2, 0.25) is 12.1 Å². The van der Waals surface area contributed by atoms with Gasteiger partial charge in [-0.1, -0.05) is 32.9 Å². The van der Waals surface area contributed by atoms with Crippen molar-refractivity contribution in [3.05, 3.63) is 12.2 Å². The van der Waals surface area contributed by atoms with E-state index in [1.54, 1.807) is 0 Å². The average molecular weight is 216 g/mol. The first-order valence-electron chi connectivity index (χ1n) is 5.48. The summed E-state index contributed by atoms with van der Waals surface area (Å²) >= 11 is 0. The van der Waals surface area contributed by atoms with Gasteiger partial charge in [-0.3, -0.25) is 0 Å². The van der Waals surface area contributed by atoms with Gasteiger partial charge in [0.05, 0.1) is 12.3 Å². The molecule has 0 aliphatic heterocycles.